The molecule has 2 aromatic carbocycles. The minimum atomic E-state index is -3.89. The van der Waals surface area contributed by atoms with Gasteiger partial charge in [-0.1, -0.05) is 41.4 Å². The number of anilines is 1. The summed E-state index contributed by atoms with van der Waals surface area (Å²) in [5, 5.41) is 3.62. The number of carbonyl (C=O) groups excluding carboxylic acids is 2. The van der Waals surface area contributed by atoms with Crippen molar-refractivity contribution >= 4 is 50.7 Å². The Morgan fingerprint density at radius 3 is 2.31 bits per heavy atom. The molecular weight excluding hydrogens is 525 g/mol. The Morgan fingerprint density at radius 2 is 1.75 bits per heavy atom. The van der Waals surface area contributed by atoms with E-state index in [0.29, 0.717) is 28.0 Å². The number of nitrogens with zero attached hydrogens (tertiary/aromatic N) is 2. The summed E-state index contributed by atoms with van der Waals surface area (Å²) in [5.74, 6) is -0.653. The molecule has 0 heterocycles. The van der Waals surface area contributed by atoms with Gasteiger partial charge in [-0.05, 0) is 64.4 Å². The van der Waals surface area contributed by atoms with Crippen molar-refractivity contribution in [2.45, 2.75) is 52.7 Å². The molecule has 36 heavy (non-hydrogen) atoms. The molecule has 0 unspecified atom stereocenters. The highest BCUT2D eigenvalue weighted by Crippen LogP contribution is 2.30. The molecule has 198 valence electrons. The summed E-state index contributed by atoms with van der Waals surface area (Å²) < 4.78 is 32.1. The van der Waals surface area contributed by atoms with Gasteiger partial charge in [0.05, 0.1) is 18.6 Å². The SMILES string of the molecule is CCOc1ccccc1N(CC(=O)N(Cc1ccc(Cl)cc1Cl)[C@@H](C)C(=O)NC(C)(C)C)S(C)(=O)=O. The van der Waals surface area contributed by atoms with Crippen LogP contribution in [-0.4, -0.2) is 56.1 Å². The summed E-state index contributed by atoms with van der Waals surface area (Å²) in [4.78, 5) is 28.0. The summed E-state index contributed by atoms with van der Waals surface area (Å²) in [6.45, 7) is 8.59. The molecule has 0 aliphatic heterocycles. The molecule has 2 amide bonds. The lowest BCUT2D eigenvalue weighted by Gasteiger charge is -2.33. The van der Waals surface area contributed by atoms with E-state index in [1.54, 1.807) is 56.3 Å². The first-order valence-electron chi connectivity index (χ1n) is 11.4. The number of benzene rings is 2. The first-order chi connectivity index (χ1) is 16.6. The third kappa shape index (κ3) is 8.28. The van der Waals surface area contributed by atoms with Crippen molar-refractivity contribution in [3.8, 4) is 5.75 Å². The van der Waals surface area contributed by atoms with Crippen LogP contribution in [0.2, 0.25) is 10.0 Å². The van der Waals surface area contributed by atoms with Gasteiger partial charge in [-0.2, -0.15) is 0 Å². The van der Waals surface area contributed by atoms with Crippen molar-refractivity contribution in [1.29, 1.82) is 0 Å². The second-order valence-electron chi connectivity index (χ2n) is 9.34. The van der Waals surface area contributed by atoms with Crippen LogP contribution in [-0.2, 0) is 26.2 Å². The van der Waals surface area contributed by atoms with Crippen molar-refractivity contribution in [1.82, 2.24) is 10.2 Å². The predicted molar refractivity (Wildman–Crippen MR) is 144 cm³/mol. The highest BCUT2D eigenvalue weighted by atomic mass is 35.5. The second-order valence-corrected chi connectivity index (χ2v) is 12.1. The molecule has 0 bridgehead atoms. The van der Waals surface area contributed by atoms with Crippen molar-refractivity contribution < 1.29 is 22.7 Å². The lowest BCUT2D eigenvalue weighted by atomic mass is 10.1. The van der Waals surface area contributed by atoms with Gasteiger partial charge in [-0.25, -0.2) is 8.42 Å². The fourth-order valence-electron chi connectivity index (χ4n) is 3.43. The molecule has 0 aliphatic carbocycles. The average Bonchev–Trinajstić information content (AvgIpc) is 2.75. The number of carbonyl (C=O) groups is 2. The number of rotatable bonds is 10. The summed E-state index contributed by atoms with van der Waals surface area (Å²) in [7, 11) is -3.89. The molecule has 0 saturated carbocycles. The summed E-state index contributed by atoms with van der Waals surface area (Å²) in [6, 6.07) is 10.5. The van der Waals surface area contributed by atoms with E-state index >= 15 is 0 Å². The lowest BCUT2D eigenvalue weighted by Crippen LogP contribution is -2.54. The van der Waals surface area contributed by atoms with Gasteiger partial charge in [0.25, 0.3) is 0 Å². The zero-order valence-corrected chi connectivity index (χ0v) is 23.7. The molecule has 0 fully saturated rings. The fraction of sp³-hybridized carbons (Fsp3) is 0.440. The molecular formula is C25H33Cl2N3O5S. The second kappa shape index (κ2) is 12.2. The van der Waals surface area contributed by atoms with Gasteiger partial charge in [0.15, 0.2) is 0 Å². The zero-order chi connectivity index (χ0) is 27.3. The van der Waals surface area contributed by atoms with E-state index in [4.69, 9.17) is 27.9 Å². The van der Waals surface area contributed by atoms with E-state index in [9.17, 15) is 18.0 Å². The number of sulfonamides is 1. The van der Waals surface area contributed by atoms with Gasteiger partial charge in [-0.3, -0.25) is 13.9 Å². The Morgan fingerprint density at radius 1 is 1.11 bits per heavy atom. The molecule has 0 saturated heterocycles. The van der Waals surface area contributed by atoms with Crippen LogP contribution in [0, 0.1) is 0 Å². The third-order valence-corrected chi connectivity index (χ3v) is 6.85. The standard InChI is InChI=1S/C25H33Cl2N3O5S/c1-7-35-22-11-9-8-10-21(22)30(36(6,33)34)16-23(31)29(17(2)24(32)28-25(3,4)5)15-18-12-13-19(26)14-20(18)27/h8-14,17H,7,15-16H2,1-6H3,(H,28,32)/t17-/m0/s1. The maximum absolute atomic E-state index is 13.7. The highest BCUT2D eigenvalue weighted by Gasteiger charge is 2.32. The minimum absolute atomic E-state index is 0.0295. The molecule has 0 aliphatic rings. The van der Waals surface area contributed by atoms with E-state index < -0.39 is 34.1 Å². The molecule has 11 heteroatoms. The highest BCUT2D eigenvalue weighted by molar-refractivity contribution is 7.92. The number of ether oxygens (including phenoxy) is 1. The number of halogens is 2. The number of hydrogen-bond acceptors (Lipinski definition) is 5. The van der Waals surface area contributed by atoms with Crippen LogP contribution in [0.5, 0.6) is 5.75 Å². The summed E-state index contributed by atoms with van der Waals surface area (Å²) in [6.07, 6.45) is 1.01. The van der Waals surface area contributed by atoms with Gasteiger partial charge < -0.3 is 15.0 Å². The fourth-order valence-corrected chi connectivity index (χ4v) is 4.75. The molecule has 1 N–H and O–H groups in total. The van der Waals surface area contributed by atoms with Crippen LogP contribution in [0.3, 0.4) is 0 Å². The van der Waals surface area contributed by atoms with Crippen molar-refractivity contribution in [3.05, 3.63) is 58.1 Å². The van der Waals surface area contributed by atoms with E-state index in [-0.39, 0.29) is 18.1 Å². The molecule has 2 rings (SSSR count). The number of nitrogens with one attached hydrogen (secondary N) is 1. The molecule has 8 nitrogen and oxygen atoms in total. The number of para-hydroxylation sites is 2. The van der Waals surface area contributed by atoms with Crippen LogP contribution in [0.4, 0.5) is 5.69 Å². The smallest absolute Gasteiger partial charge is 0.244 e. The lowest BCUT2D eigenvalue weighted by molar-refractivity contribution is -0.140. The Bertz CT molecular complexity index is 1200. The summed E-state index contributed by atoms with van der Waals surface area (Å²) >= 11 is 12.4. The summed E-state index contributed by atoms with van der Waals surface area (Å²) in [5.41, 5.74) is 0.254. The van der Waals surface area contributed by atoms with Crippen LogP contribution < -0.4 is 14.4 Å². The molecule has 0 aromatic heterocycles. The van der Waals surface area contributed by atoms with E-state index in [1.165, 1.54) is 4.90 Å². The normalized spacial score (nSPS) is 12.6. The van der Waals surface area contributed by atoms with Gasteiger partial charge >= 0.3 is 0 Å². The van der Waals surface area contributed by atoms with Gasteiger partial charge in [0, 0.05) is 22.1 Å². The first kappa shape index (κ1) is 29.7. The number of amides is 2. The third-order valence-electron chi connectivity index (χ3n) is 5.13. The van der Waals surface area contributed by atoms with Gasteiger partial charge in [0.2, 0.25) is 21.8 Å². The average molecular weight is 559 g/mol. The monoisotopic (exact) mass is 557 g/mol. The Balaban J connectivity index is 2.49. The molecule has 1 atom stereocenters. The Hall–Kier alpha value is -2.49. The minimum Gasteiger partial charge on any atom is -0.492 e. The van der Waals surface area contributed by atoms with Gasteiger partial charge in [-0.15, -0.1) is 0 Å². The van der Waals surface area contributed by atoms with Crippen LogP contribution >= 0.6 is 23.2 Å². The van der Waals surface area contributed by atoms with Crippen LogP contribution in [0.15, 0.2) is 42.5 Å². The van der Waals surface area contributed by atoms with Gasteiger partial charge in [0.1, 0.15) is 18.3 Å². The van der Waals surface area contributed by atoms with Crippen LogP contribution in [0.1, 0.15) is 40.2 Å². The largest absolute Gasteiger partial charge is 0.492 e. The maximum atomic E-state index is 13.7. The Labute approximate surface area is 223 Å². The zero-order valence-electron chi connectivity index (χ0n) is 21.3. The maximum Gasteiger partial charge on any atom is 0.244 e. The van der Waals surface area contributed by atoms with E-state index in [0.717, 1.165) is 10.6 Å². The number of hydrogen-bond donors (Lipinski definition) is 1. The predicted octanol–water partition coefficient (Wildman–Crippen LogP) is 4.49. The van der Waals surface area contributed by atoms with Crippen molar-refractivity contribution in [2.24, 2.45) is 0 Å². The first-order valence-corrected chi connectivity index (χ1v) is 14.0. The molecule has 0 radical (unpaired) electrons. The van der Waals surface area contributed by atoms with Crippen molar-refractivity contribution in [3.63, 3.8) is 0 Å². The van der Waals surface area contributed by atoms with E-state index in [2.05, 4.69) is 5.32 Å². The van der Waals surface area contributed by atoms with Crippen LogP contribution in [0.25, 0.3) is 0 Å². The topological polar surface area (TPSA) is 96.0 Å². The molecule has 2 aromatic rings. The van der Waals surface area contributed by atoms with E-state index in [1.807, 2.05) is 20.8 Å². The van der Waals surface area contributed by atoms with Crippen molar-refractivity contribution in [2.75, 3.05) is 23.7 Å². The Kier molecular flexibility index (Phi) is 10.0. The quantitative estimate of drug-likeness (QED) is 0.464. The molecule has 0 spiro atoms.